The summed E-state index contributed by atoms with van der Waals surface area (Å²) in [5.74, 6) is 0.689. The van der Waals surface area contributed by atoms with Gasteiger partial charge in [-0.3, -0.25) is 9.69 Å². The van der Waals surface area contributed by atoms with Crippen LogP contribution in [-0.2, 0) is 11.3 Å². The van der Waals surface area contributed by atoms with E-state index >= 15 is 0 Å². The van der Waals surface area contributed by atoms with E-state index in [9.17, 15) is 4.79 Å². The molecule has 0 spiro atoms. The smallest absolute Gasteiger partial charge is 0.234 e. The molecule has 1 aliphatic heterocycles. The molecule has 0 unspecified atom stereocenters. The first-order valence-electron chi connectivity index (χ1n) is 9.38. The Morgan fingerprint density at radius 1 is 1.04 bits per heavy atom. The van der Waals surface area contributed by atoms with Crippen molar-refractivity contribution in [3.63, 3.8) is 0 Å². The second kappa shape index (κ2) is 7.75. The standard InChI is InChI=1S/C22H25N3O/c26-22(24-14-17-6-2-1-3-7-17)16-25-12-10-18(11-13-25)20-15-23-21-9-5-4-8-19(20)21/h1-9,15,18,23H,10-14,16H2,(H,24,26). The van der Waals surface area contributed by atoms with E-state index in [2.05, 4.69) is 45.7 Å². The Labute approximate surface area is 154 Å². The summed E-state index contributed by atoms with van der Waals surface area (Å²) in [6.45, 7) is 3.05. The third-order valence-corrected chi connectivity index (χ3v) is 5.35. The summed E-state index contributed by atoms with van der Waals surface area (Å²) >= 11 is 0. The number of H-pyrrole nitrogens is 1. The number of aromatic nitrogens is 1. The van der Waals surface area contributed by atoms with E-state index in [0.29, 0.717) is 19.0 Å². The highest BCUT2D eigenvalue weighted by Gasteiger charge is 2.23. The van der Waals surface area contributed by atoms with Crippen molar-refractivity contribution in [3.05, 3.63) is 71.9 Å². The summed E-state index contributed by atoms with van der Waals surface area (Å²) in [7, 11) is 0. The number of piperidine rings is 1. The van der Waals surface area contributed by atoms with Gasteiger partial charge in [-0.25, -0.2) is 0 Å². The molecule has 26 heavy (non-hydrogen) atoms. The van der Waals surface area contributed by atoms with Gasteiger partial charge in [0.25, 0.3) is 0 Å². The average Bonchev–Trinajstić information content (AvgIpc) is 3.12. The molecule has 2 heterocycles. The first kappa shape index (κ1) is 16.9. The van der Waals surface area contributed by atoms with Crippen molar-refractivity contribution in [3.8, 4) is 0 Å². The normalized spacial score (nSPS) is 16.0. The van der Waals surface area contributed by atoms with Crippen LogP contribution in [0, 0.1) is 0 Å². The zero-order valence-electron chi connectivity index (χ0n) is 14.9. The molecule has 1 saturated heterocycles. The largest absolute Gasteiger partial charge is 0.361 e. The Kier molecular flexibility index (Phi) is 5.02. The van der Waals surface area contributed by atoms with Crippen LogP contribution in [0.2, 0.25) is 0 Å². The molecule has 1 aromatic heterocycles. The van der Waals surface area contributed by atoms with E-state index in [4.69, 9.17) is 0 Å². The van der Waals surface area contributed by atoms with Crippen LogP contribution >= 0.6 is 0 Å². The maximum Gasteiger partial charge on any atom is 0.234 e. The SMILES string of the molecule is O=C(CN1CCC(c2c[nH]c3ccccc23)CC1)NCc1ccccc1. The van der Waals surface area contributed by atoms with Crippen LogP contribution in [0.4, 0.5) is 0 Å². The van der Waals surface area contributed by atoms with E-state index in [1.54, 1.807) is 0 Å². The van der Waals surface area contributed by atoms with Gasteiger partial charge in [-0.1, -0.05) is 48.5 Å². The van der Waals surface area contributed by atoms with Crippen LogP contribution in [0.25, 0.3) is 10.9 Å². The number of aromatic amines is 1. The number of carbonyl (C=O) groups is 1. The summed E-state index contributed by atoms with van der Waals surface area (Å²) < 4.78 is 0. The molecule has 0 radical (unpaired) electrons. The van der Waals surface area contributed by atoms with Crippen molar-refractivity contribution in [2.45, 2.75) is 25.3 Å². The lowest BCUT2D eigenvalue weighted by atomic mass is 9.89. The second-order valence-corrected chi connectivity index (χ2v) is 7.10. The first-order valence-corrected chi connectivity index (χ1v) is 9.38. The minimum absolute atomic E-state index is 0.111. The van der Waals surface area contributed by atoms with Crippen LogP contribution in [-0.4, -0.2) is 35.4 Å². The Balaban J connectivity index is 1.28. The summed E-state index contributed by atoms with van der Waals surface area (Å²) in [5, 5.41) is 4.36. The summed E-state index contributed by atoms with van der Waals surface area (Å²) in [6, 6.07) is 18.6. The van der Waals surface area contributed by atoms with Gasteiger partial charge < -0.3 is 10.3 Å². The van der Waals surface area contributed by atoms with Crippen molar-refractivity contribution in [2.24, 2.45) is 0 Å². The molecule has 0 bridgehead atoms. The van der Waals surface area contributed by atoms with Crippen molar-refractivity contribution in [2.75, 3.05) is 19.6 Å². The lowest BCUT2D eigenvalue weighted by Crippen LogP contribution is -2.41. The second-order valence-electron chi connectivity index (χ2n) is 7.10. The number of nitrogens with one attached hydrogen (secondary N) is 2. The van der Waals surface area contributed by atoms with Gasteiger partial charge in [-0.15, -0.1) is 0 Å². The number of hydrogen-bond donors (Lipinski definition) is 2. The monoisotopic (exact) mass is 347 g/mol. The molecule has 4 nitrogen and oxygen atoms in total. The fraction of sp³-hybridized carbons (Fsp3) is 0.318. The summed E-state index contributed by atoms with van der Waals surface area (Å²) in [4.78, 5) is 17.9. The number of benzene rings is 2. The molecule has 2 aromatic carbocycles. The number of carbonyl (C=O) groups excluding carboxylic acids is 1. The third kappa shape index (κ3) is 3.81. The third-order valence-electron chi connectivity index (χ3n) is 5.35. The minimum atomic E-state index is 0.111. The van der Waals surface area contributed by atoms with Crippen LogP contribution in [0.1, 0.15) is 29.9 Å². The average molecular weight is 347 g/mol. The van der Waals surface area contributed by atoms with E-state index in [0.717, 1.165) is 31.5 Å². The van der Waals surface area contributed by atoms with Crippen LogP contribution in [0.5, 0.6) is 0 Å². The van der Waals surface area contributed by atoms with Gasteiger partial charge in [0.05, 0.1) is 6.54 Å². The molecule has 3 aromatic rings. The van der Waals surface area contributed by atoms with Crippen molar-refractivity contribution in [1.82, 2.24) is 15.2 Å². The number of hydrogen-bond acceptors (Lipinski definition) is 2. The molecule has 134 valence electrons. The van der Waals surface area contributed by atoms with Gasteiger partial charge >= 0.3 is 0 Å². The summed E-state index contributed by atoms with van der Waals surface area (Å²) in [6.07, 6.45) is 4.37. The quantitative estimate of drug-likeness (QED) is 0.740. The highest BCUT2D eigenvalue weighted by atomic mass is 16.2. The maximum absolute atomic E-state index is 12.2. The topological polar surface area (TPSA) is 48.1 Å². The summed E-state index contributed by atoms with van der Waals surface area (Å²) in [5.41, 5.74) is 3.78. The van der Waals surface area contributed by atoms with Crippen molar-refractivity contribution >= 4 is 16.8 Å². The zero-order chi connectivity index (χ0) is 17.8. The Morgan fingerprint density at radius 2 is 1.77 bits per heavy atom. The first-order chi connectivity index (χ1) is 12.8. The molecule has 1 aliphatic rings. The van der Waals surface area contributed by atoms with Gasteiger partial charge in [0.1, 0.15) is 0 Å². The van der Waals surface area contributed by atoms with Crippen molar-refractivity contribution < 1.29 is 4.79 Å². The fourth-order valence-corrected chi connectivity index (χ4v) is 3.89. The van der Waals surface area contributed by atoms with E-state index < -0.39 is 0 Å². The van der Waals surface area contributed by atoms with E-state index in [-0.39, 0.29) is 5.91 Å². The Bertz CT molecular complexity index is 863. The van der Waals surface area contributed by atoms with Crippen LogP contribution in [0.3, 0.4) is 0 Å². The predicted octanol–water partition coefficient (Wildman–Crippen LogP) is 3.66. The Hall–Kier alpha value is -2.59. The molecule has 0 aliphatic carbocycles. The van der Waals surface area contributed by atoms with Crippen LogP contribution < -0.4 is 5.32 Å². The minimum Gasteiger partial charge on any atom is -0.361 e. The molecule has 4 rings (SSSR count). The number of rotatable bonds is 5. The Morgan fingerprint density at radius 3 is 2.58 bits per heavy atom. The number of amides is 1. The molecular formula is C22H25N3O. The van der Waals surface area contributed by atoms with Crippen LogP contribution in [0.15, 0.2) is 60.8 Å². The van der Waals surface area contributed by atoms with Gasteiger partial charge in [-0.2, -0.15) is 0 Å². The van der Waals surface area contributed by atoms with Gasteiger partial charge in [0.15, 0.2) is 0 Å². The van der Waals surface area contributed by atoms with Gasteiger partial charge in [-0.05, 0) is 49.0 Å². The molecule has 1 fully saturated rings. The molecule has 2 N–H and O–H groups in total. The molecular weight excluding hydrogens is 322 g/mol. The predicted molar refractivity (Wildman–Crippen MR) is 105 cm³/mol. The number of nitrogens with zero attached hydrogens (tertiary/aromatic N) is 1. The van der Waals surface area contributed by atoms with Gasteiger partial charge in [0, 0.05) is 23.6 Å². The van der Waals surface area contributed by atoms with E-state index in [1.807, 2.05) is 30.3 Å². The lowest BCUT2D eigenvalue weighted by Gasteiger charge is -2.31. The molecule has 0 saturated carbocycles. The molecule has 4 heteroatoms. The number of fused-ring (bicyclic) bond motifs is 1. The van der Waals surface area contributed by atoms with E-state index in [1.165, 1.54) is 16.5 Å². The van der Waals surface area contributed by atoms with Gasteiger partial charge in [0.2, 0.25) is 5.91 Å². The maximum atomic E-state index is 12.2. The highest BCUT2D eigenvalue weighted by molar-refractivity contribution is 5.83. The van der Waals surface area contributed by atoms with Crippen molar-refractivity contribution in [1.29, 1.82) is 0 Å². The lowest BCUT2D eigenvalue weighted by molar-refractivity contribution is -0.122. The molecule has 0 atom stereocenters. The highest BCUT2D eigenvalue weighted by Crippen LogP contribution is 2.32. The number of likely N-dealkylation sites (tertiary alicyclic amines) is 1. The fourth-order valence-electron chi connectivity index (χ4n) is 3.89. The number of para-hydroxylation sites is 1. The molecule has 1 amide bonds. The zero-order valence-corrected chi connectivity index (χ0v) is 14.9.